The van der Waals surface area contributed by atoms with Crippen molar-refractivity contribution in [1.29, 1.82) is 0 Å². The van der Waals surface area contributed by atoms with Gasteiger partial charge in [-0.3, -0.25) is 0 Å². The highest BCUT2D eigenvalue weighted by atomic mass is 16.4. The molecule has 0 spiro atoms. The summed E-state index contributed by atoms with van der Waals surface area (Å²) < 4.78 is 5.51. The molecule has 0 aliphatic heterocycles. The lowest BCUT2D eigenvalue weighted by Gasteiger charge is -2.22. The SMILES string of the molecule is Cc1ccc(CNC2CCCCC2)o1.O=C(O)C(=O)O. The molecular weight excluding hydrogens is 262 g/mol. The van der Waals surface area contributed by atoms with Crippen molar-refractivity contribution in [2.45, 2.75) is 51.6 Å². The molecule has 1 aromatic rings. The van der Waals surface area contributed by atoms with Crippen molar-refractivity contribution in [2.75, 3.05) is 0 Å². The predicted molar refractivity (Wildman–Crippen MR) is 72.4 cm³/mol. The van der Waals surface area contributed by atoms with Crippen LogP contribution in [0.5, 0.6) is 0 Å². The lowest BCUT2D eigenvalue weighted by Crippen LogP contribution is -2.30. The van der Waals surface area contributed by atoms with E-state index >= 15 is 0 Å². The van der Waals surface area contributed by atoms with Gasteiger partial charge in [0.1, 0.15) is 11.5 Å². The molecule has 0 radical (unpaired) electrons. The first-order chi connectivity index (χ1) is 9.49. The van der Waals surface area contributed by atoms with Crippen LogP contribution < -0.4 is 5.32 Å². The van der Waals surface area contributed by atoms with Crippen LogP contribution in [-0.4, -0.2) is 28.2 Å². The number of carboxylic acid groups (broad SMARTS) is 2. The second kappa shape index (κ2) is 8.37. The van der Waals surface area contributed by atoms with Crippen LogP contribution in [-0.2, 0) is 16.1 Å². The maximum atomic E-state index is 9.10. The summed E-state index contributed by atoms with van der Waals surface area (Å²) in [5.74, 6) is -1.58. The molecule has 6 heteroatoms. The summed E-state index contributed by atoms with van der Waals surface area (Å²) in [6, 6.07) is 4.80. The maximum absolute atomic E-state index is 9.10. The average Bonchev–Trinajstić information content (AvgIpc) is 2.84. The van der Waals surface area contributed by atoms with Gasteiger partial charge >= 0.3 is 11.9 Å². The summed E-state index contributed by atoms with van der Waals surface area (Å²) in [6.45, 7) is 2.88. The Kier molecular flexibility index (Phi) is 6.79. The van der Waals surface area contributed by atoms with Crippen molar-refractivity contribution in [3.63, 3.8) is 0 Å². The molecule has 1 heterocycles. The number of furan rings is 1. The van der Waals surface area contributed by atoms with Crippen LogP contribution in [0.1, 0.15) is 43.6 Å². The molecule has 0 unspecified atom stereocenters. The van der Waals surface area contributed by atoms with E-state index in [4.69, 9.17) is 24.2 Å². The molecule has 0 aromatic carbocycles. The molecule has 20 heavy (non-hydrogen) atoms. The van der Waals surface area contributed by atoms with Gasteiger partial charge in [0.2, 0.25) is 0 Å². The van der Waals surface area contributed by atoms with Crippen LogP contribution in [0.3, 0.4) is 0 Å². The molecule has 0 amide bonds. The third-order valence-corrected chi connectivity index (χ3v) is 3.15. The molecule has 3 N–H and O–H groups in total. The predicted octanol–water partition coefficient (Wildman–Crippen LogP) is 2.17. The van der Waals surface area contributed by atoms with Crippen molar-refractivity contribution < 1.29 is 24.2 Å². The third-order valence-electron chi connectivity index (χ3n) is 3.15. The van der Waals surface area contributed by atoms with Gasteiger partial charge in [-0.05, 0) is 31.9 Å². The van der Waals surface area contributed by atoms with Gasteiger partial charge in [0, 0.05) is 6.04 Å². The van der Waals surface area contributed by atoms with Gasteiger partial charge < -0.3 is 19.9 Å². The highest BCUT2D eigenvalue weighted by Gasteiger charge is 2.12. The first kappa shape index (κ1) is 16.2. The number of carbonyl (C=O) groups is 2. The summed E-state index contributed by atoms with van der Waals surface area (Å²) in [5, 5.41) is 18.3. The lowest BCUT2D eigenvalue weighted by molar-refractivity contribution is -0.159. The Balaban J connectivity index is 0.000000286. The molecule has 0 atom stereocenters. The summed E-state index contributed by atoms with van der Waals surface area (Å²) >= 11 is 0. The Labute approximate surface area is 117 Å². The Morgan fingerprint density at radius 2 is 1.80 bits per heavy atom. The van der Waals surface area contributed by atoms with Gasteiger partial charge in [0.05, 0.1) is 6.54 Å². The smallest absolute Gasteiger partial charge is 0.414 e. The number of carboxylic acids is 2. The highest BCUT2D eigenvalue weighted by molar-refractivity contribution is 6.27. The van der Waals surface area contributed by atoms with E-state index in [1.54, 1.807) is 0 Å². The number of aliphatic carboxylic acids is 2. The van der Waals surface area contributed by atoms with Crippen molar-refractivity contribution in [3.05, 3.63) is 23.7 Å². The lowest BCUT2D eigenvalue weighted by atomic mass is 9.95. The second-order valence-corrected chi connectivity index (χ2v) is 4.84. The van der Waals surface area contributed by atoms with Gasteiger partial charge in [0.25, 0.3) is 0 Å². The van der Waals surface area contributed by atoms with E-state index in [0.29, 0.717) is 6.04 Å². The number of hydrogen-bond donors (Lipinski definition) is 3. The molecule has 1 aromatic heterocycles. The maximum Gasteiger partial charge on any atom is 0.414 e. The van der Waals surface area contributed by atoms with E-state index in [2.05, 4.69) is 11.4 Å². The van der Waals surface area contributed by atoms with Crippen LogP contribution in [0.25, 0.3) is 0 Å². The van der Waals surface area contributed by atoms with Gasteiger partial charge in [0.15, 0.2) is 0 Å². The Bertz CT molecular complexity index is 423. The molecule has 1 fully saturated rings. The molecular formula is C14H21NO5. The first-order valence-electron chi connectivity index (χ1n) is 6.74. The van der Waals surface area contributed by atoms with Crippen molar-refractivity contribution in [1.82, 2.24) is 5.32 Å². The summed E-state index contributed by atoms with van der Waals surface area (Å²) in [5.41, 5.74) is 0. The Morgan fingerprint density at radius 3 is 2.25 bits per heavy atom. The minimum absolute atomic E-state index is 0.717. The van der Waals surface area contributed by atoms with E-state index in [9.17, 15) is 0 Å². The van der Waals surface area contributed by atoms with Crippen LogP contribution in [0, 0.1) is 6.92 Å². The van der Waals surface area contributed by atoms with Crippen LogP contribution in [0.4, 0.5) is 0 Å². The van der Waals surface area contributed by atoms with Gasteiger partial charge in [-0.1, -0.05) is 19.3 Å². The van der Waals surface area contributed by atoms with E-state index in [1.807, 2.05) is 13.0 Å². The van der Waals surface area contributed by atoms with E-state index in [0.717, 1.165) is 18.1 Å². The zero-order valence-electron chi connectivity index (χ0n) is 11.6. The fourth-order valence-electron chi connectivity index (χ4n) is 2.13. The standard InChI is InChI=1S/C12H19NO.C2H2O4/c1-10-7-8-12(14-10)9-13-11-5-3-2-4-6-11;3-1(4)2(5)6/h7-8,11,13H,2-6,9H2,1H3;(H,3,4)(H,5,6). The molecule has 1 aliphatic rings. The van der Waals surface area contributed by atoms with Crippen molar-refractivity contribution >= 4 is 11.9 Å². The van der Waals surface area contributed by atoms with Gasteiger partial charge in [-0.25, -0.2) is 9.59 Å². The minimum Gasteiger partial charge on any atom is -0.473 e. The van der Waals surface area contributed by atoms with E-state index in [-0.39, 0.29) is 0 Å². The summed E-state index contributed by atoms with van der Waals surface area (Å²) in [7, 11) is 0. The van der Waals surface area contributed by atoms with Crippen molar-refractivity contribution in [3.8, 4) is 0 Å². The van der Waals surface area contributed by atoms with Gasteiger partial charge in [-0.15, -0.1) is 0 Å². The normalized spacial score (nSPS) is 15.2. The first-order valence-corrected chi connectivity index (χ1v) is 6.74. The van der Waals surface area contributed by atoms with Crippen LogP contribution in [0.2, 0.25) is 0 Å². The summed E-state index contributed by atoms with van der Waals surface area (Å²) in [4.78, 5) is 18.2. The van der Waals surface area contributed by atoms with E-state index < -0.39 is 11.9 Å². The molecule has 6 nitrogen and oxygen atoms in total. The summed E-state index contributed by atoms with van der Waals surface area (Å²) in [6.07, 6.45) is 6.85. The number of aryl methyl sites for hydroxylation is 1. The van der Waals surface area contributed by atoms with Crippen LogP contribution >= 0.6 is 0 Å². The quantitative estimate of drug-likeness (QED) is 0.735. The fourth-order valence-corrected chi connectivity index (χ4v) is 2.13. The minimum atomic E-state index is -1.82. The number of nitrogens with one attached hydrogen (secondary N) is 1. The average molecular weight is 283 g/mol. The molecule has 0 saturated heterocycles. The molecule has 2 rings (SSSR count). The molecule has 0 bridgehead atoms. The fraction of sp³-hybridized carbons (Fsp3) is 0.571. The van der Waals surface area contributed by atoms with Crippen LogP contribution in [0.15, 0.2) is 16.5 Å². The zero-order chi connectivity index (χ0) is 15.0. The van der Waals surface area contributed by atoms with E-state index in [1.165, 1.54) is 32.1 Å². The monoisotopic (exact) mass is 283 g/mol. The number of rotatable bonds is 3. The zero-order valence-corrected chi connectivity index (χ0v) is 11.6. The Hall–Kier alpha value is -1.82. The van der Waals surface area contributed by atoms with Crippen molar-refractivity contribution in [2.24, 2.45) is 0 Å². The Morgan fingerprint density at radius 1 is 1.20 bits per heavy atom. The number of hydrogen-bond acceptors (Lipinski definition) is 4. The molecule has 1 saturated carbocycles. The third kappa shape index (κ3) is 6.38. The molecule has 1 aliphatic carbocycles. The topological polar surface area (TPSA) is 99.8 Å². The second-order valence-electron chi connectivity index (χ2n) is 4.84. The largest absolute Gasteiger partial charge is 0.473 e. The molecule has 112 valence electrons. The van der Waals surface area contributed by atoms with Gasteiger partial charge in [-0.2, -0.15) is 0 Å². The highest BCUT2D eigenvalue weighted by Crippen LogP contribution is 2.18.